The number of piperazine rings is 1. The van der Waals surface area contributed by atoms with Gasteiger partial charge in [-0.05, 0) is 31.5 Å². The molecule has 0 aliphatic carbocycles. The van der Waals surface area contributed by atoms with Crippen LogP contribution in [0.15, 0.2) is 47.4 Å². The highest BCUT2D eigenvalue weighted by molar-refractivity contribution is 7.89. The van der Waals surface area contributed by atoms with E-state index in [0.717, 1.165) is 11.1 Å². The van der Waals surface area contributed by atoms with E-state index in [-0.39, 0.29) is 23.0 Å². The highest BCUT2D eigenvalue weighted by Crippen LogP contribution is 2.22. The fourth-order valence-corrected chi connectivity index (χ4v) is 4.66. The number of carbonyl (C=O) groups excluding carboxylic acids is 1. The maximum Gasteiger partial charge on any atom is 0.271 e. The number of carbonyl (C=O) groups is 1. The number of hydrogen-bond acceptors (Lipinski definition) is 6. The van der Waals surface area contributed by atoms with E-state index in [1.807, 2.05) is 11.8 Å². The van der Waals surface area contributed by atoms with Crippen LogP contribution < -0.4 is 5.32 Å². The molecule has 1 N–H and O–H groups in total. The molecule has 0 aromatic heterocycles. The Labute approximate surface area is 175 Å². The van der Waals surface area contributed by atoms with Crippen molar-refractivity contribution in [2.75, 3.05) is 38.0 Å². The third-order valence-electron chi connectivity index (χ3n) is 5.06. The van der Waals surface area contributed by atoms with Crippen LogP contribution in [0.1, 0.15) is 11.1 Å². The molecule has 1 aliphatic rings. The van der Waals surface area contributed by atoms with Gasteiger partial charge < -0.3 is 5.32 Å². The van der Waals surface area contributed by atoms with Crippen LogP contribution in [0.25, 0.3) is 0 Å². The van der Waals surface area contributed by atoms with Gasteiger partial charge in [0.15, 0.2) is 0 Å². The Hall–Kier alpha value is -2.82. The first kappa shape index (κ1) is 21.9. The van der Waals surface area contributed by atoms with Gasteiger partial charge in [0.2, 0.25) is 15.9 Å². The topological polar surface area (TPSA) is 113 Å². The summed E-state index contributed by atoms with van der Waals surface area (Å²) in [6.07, 6.45) is 0. The van der Waals surface area contributed by atoms with E-state index in [4.69, 9.17) is 0 Å². The molecule has 2 aromatic rings. The van der Waals surface area contributed by atoms with E-state index in [9.17, 15) is 23.3 Å². The minimum absolute atomic E-state index is 0.0839. The molecule has 1 aliphatic heterocycles. The summed E-state index contributed by atoms with van der Waals surface area (Å²) in [7, 11) is -3.56. The summed E-state index contributed by atoms with van der Waals surface area (Å²) in [5, 5.41) is 13.6. The zero-order chi connectivity index (χ0) is 21.9. The Morgan fingerprint density at radius 3 is 2.30 bits per heavy atom. The van der Waals surface area contributed by atoms with E-state index < -0.39 is 14.9 Å². The number of nitro benzene ring substituents is 1. The third-order valence-corrected chi connectivity index (χ3v) is 6.98. The lowest BCUT2D eigenvalue weighted by molar-refractivity contribution is -0.384. The van der Waals surface area contributed by atoms with E-state index in [1.54, 1.807) is 37.3 Å². The summed E-state index contributed by atoms with van der Waals surface area (Å²) in [5.74, 6) is -0.298. The Morgan fingerprint density at radius 1 is 1.07 bits per heavy atom. The van der Waals surface area contributed by atoms with Crippen molar-refractivity contribution in [1.29, 1.82) is 0 Å². The van der Waals surface area contributed by atoms with Gasteiger partial charge in [0.25, 0.3) is 5.69 Å². The van der Waals surface area contributed by atoms with Gasteiger partial charge in [0.05, 0.1) is 22.1 Å². The van der Waals surface area contributed by atoms with Gasteiger partial charge in [0, 0.05) is 38.3 Å². The summed E-state index contributed by atoms with van der Waals surface area (Å²) in [6, 6.07) is 11.0. The minimum atomic E-state index is -3.56. The number of sulfonamides is 1. The van der Waals surface area contributed by atoms with Crippen LogP contribution in [0.3, 0.4) is 0 Å². The Bertz CT molecular complexity index is 1050. The van der Waals surface area contributed by atoms with E-state index in [0.29, 0.717) is 31.9 Å². The molecular weight excluding hydrogens is 408 g/mol. The fraction of sp³-hybridized carbons (Fsp3) is 0.350. The van der Waals surface area contributed by atoms with Gasteiger partial charge in [-0.25, -0.2) is 8.42 Å². The minimum Gasteiger partial charge on any atom is -0.324 e. The second kappa shape index (κ2) is 8.90. The number of rotatable bonds is 6. The van der Waals surface area contributed by atoms with Gasteiger partial charge in [-0.1, -0.05) is 23.8 Å². The summed E-state index contributed by atoms with van der Waals surface area (Å²) in [4.78, 5) is 24.9. The molecule has 1 saturated heterocycles. The summed E-state index contributed by atoms with van der Waals surface area (Å²) in [5.41, 5.74) is 2.02. The van der Waals surface area contributed by atoms with Crippen molar-refractivity contribution in [2.45, 2.75) is 18.7 Å². The lowest BCUT2D eigenvalue weighted by Crippen LogP contribution is -2.50. The molecular formula is C20H24N4O5S. The SMILES string of the molecule is Cc1ccc(S(=O)(=O)N2CCN(CC(=O)Nc3cc([N+](=O)[O-])ccc3C)CC2)cc1. The molecule has 0 unspecified atom stereocenters. The van der Waals surface area contributed by atoms with E-state index >= 15 is 0 Å². The first-order chi connectivity index (χ1) is 14.2. The van der Waals surface area contributed by atoms with Crippen molar-refractivity contribution in [3.8, 4) is 0 Å². The third kappa shape index (κ3) is 5.02. The van der Waals surface area contributed by atoms with Crippen LogP contribution in [0.2, 0.25) is 0 Å². The molecule has 1 amide bonds. The lowest BCUT2D eigenvalue weighted by atomic mass is 10.2. The standard InChI is InChI=1S/C20H24N4O5S/c1-15-3-7-18(8-4-15)30(28,29)23-11-9-22(10-12-23)14-20(25)21-19-13-17(24(26)27)6-5-16(19)2/h3-8,13H,9-12,14H2,1-2H3,(H,21,25). The van der Waals surface area contributed by atoms with Gasteiger partial charge in [-0.3, -0.25) is 19.8 Å². The molecule has 160 valence electrons. The van der Waals surface area contributed by atoms with Crippen molar-refractivity contribution < 1.29 is 18.1 Å². The normalized spacial score (nSPS) is 15.7. The maximum atomic E-state index is 12.8. The number of hydrogen-bond donors (Lipinski definition) is 1. The molecule has 30 heavy (non-hydrogen) atoms. The average Bonchev–Trinajstić information content (AvgIpc) is 2.70. The molecule has 0 spiro atoms. The number of anilines is 1. The van der Waals surface area contributed by atoms with Crippen LogP contribution in [-0.4, -0.2) is 61.2 Å². The quantitative estimate of drug-likeness (QED) is 0.553. The van der Waals surface area contributed by atoms with Crippen LogP contribution in [0.5, 0.6) is 0 Å². The molecule has 9 nitrogen and oxygen atoms in total. The molecule has 0 bridgehead atoms. The monoisotopic (exact) mass is 432 g/mol. The van der Waals surface area contributed by atoms with Gasteiger partial charge in [-0.2, -0.15) is 4.31 Å². The van der Waals surface area contributed by atoms with Crippen LogP contribution in [0, 0.1) is 24.0 Å². The van der Waals surface area contributed by atoms with Gasteiger partial charge in [0.1, 0.15) is 0 Å². The summed E-state index contributed by atoms with van der Waals surface area (Å²) in [6.45, 7) is 5.17. The summed E-state index contributed by atoms with van der Waals surface area (Å²) >= 11 is 0. The van der Waals surface area contributed by atoms with Crippen molar-refractivity contribution >= 4 is 27.3 Å². The molecule has 0 saturated carbocycles. The van der Waals surface area contributed by atoms with Crippen molar-refractivity contribution in [3.05, 3.63) is 63.7 Å². The smallest absolute Gasteiger partial charge is 0.271 e. The second-order valence-electron chi connectivity index (χ2n) is 7.30. The number of nitrogens with one attached hydrogen (secondary N) is 1. The number of benzene rings is 2. The van der Waals surface area contributed by atoms with Crippen LogP contribution in [-0.2, 0) is 14.8 Å². The largest absolute Gasteiger partial charge is 0.324 e. The predicted molar refractivity (Wildman–Crippen MR) is 113 cm³/mol. The van der Waals surface area contributed by atoms with E-state index in [1.165, 1.54) is 16.4 Å². The number of non-ortho nitro benzene ring substituents is 1. The lowest BCUT2D eigenvalue weighted by Gasteiger charge is -2.33. The predicted octanol–water partition coefficient (Wildman–Crippen LogP) is 2.16. The van der Waals surface area contributed by atoms with Crippen LogP contribution in [0.4, 0.5) is 11.4 Å². The fourth-order valence-electron chi connectivity index (χ4n) is 3.24. The number of nitrogens with zero attached hydrogens (tertiary/aromatic N) is 3. The van der Waals surface area contributed by atoms with Gasteiger partial charge in [-0.15, -0.1) is 0 Å². The van der Waals surface area contributed by atoms with Crippen molar-refractivity contribution in [1.82, 2.24) is 9.21 Å². The highest BCUT2D eigenvalue weighted by Gasteiger charge is 2.29. The molecule has 3 rings (SSSR count). The number of aryl methyl sites for hydroxylation is 2. The average molecular weight is 433 g/mol. The summed E-state index contributed by atoms with van der Waals surface area (Å²) < 4.78 is 27.0. The van der Waals surface area contributed by atoms with Gasteiger partial charge >= 0.3 is 0 Å². The number of nitro groups is 1. The second-order valence-corrected chi connectivity index (χ2v) is 9.24. The Morgan fingerprint density at radius 2 is 1.70 bits per heavy atom. The van der Waals surface area contributed by atoms with Crippen molar-refractivity contribution in [2.24, 2.45) is 0 Å². The van der Waals surface area contributed by atoms with E-state index in [2.05, 4.69) is 5.32 Å². The first-order valence-electron chi connectivity index (χ1n) is 9.51. The molecule has 10 heteroatoms. The van der Waals surface area contributed by atoms with Crippen molar-refractivity contribution in [3.63, 3.8) is 0 Å². The molecule has 1 fully saturated rings. The molecule has 2 aromatic carbocycles. The Kier molecular flexibility index (Phi) is 6.49. The number of amides is 1. The molecule has 0 atom stereocenters. The van der Waals surface area contributed by atoms with Crippen LogP contribution >= 0.6 is 0 Å². The zero-order valence-electron chi connectivity index (χ0n) is 16.9. The Balaban J connectivity index is 1.57. The maximum absolute atomic E-state index is 12.8. The first-order valence-corrected chi connectivity index (χ1v) is 10.9. The molecule has 0 radical (unpaired) electrons. The zero-order valence-corrected chi connectivity index (χ0v) is 17.7. The highest BCUT2D eigenvalue weighted by atomic mass is 32.2. The molecule has 1 heterocycles.